The van der Waals surface area contributed by atoms with Crippen LogP contribution >= 0.6 is 0 Å². The van der Waals surface area contributed by atoms with Crippen molar-refractivity contribution in [2.75, 3.05) is 0 Å². The summed E-state index contributed by atoms with van der Waals surface area (Å²) in [5.41, 5.74) is 13.9. The molecule has 1 nitrogen and oxygen atoms in total. The number of nitrogens with zero attached hydrogens (tertiary/aromatic N) is 1. The molecule has 0 spiro atoms. The smallest absolute Gasteiger partial charge is 0.0548 e. The van der Waals surface area contributed by atoms with Gasteiger partial charge in [0.2, 0.25) is 0 Å². The molecule has 0 N–H and O–H groups in total. The third-order valence-electron chi connectivity index (χ3n) is 10.7. The Bertz CT molecular complexity index is 2930. The normalized spacial score (nSPS) is 12.1. The van der Waals surface area contributed by atoms with Crippen LogP contribution in [-0.2, 0) is 0 Å². The van der Waals surface area contributed by atoms with Crippen LogP contribution in [0, 0.1) is 0 Å². The van der Waals surface area contributed by atoms with Crippen LogP contribution in [0.2, 0.25) is 0 Å². The summed E-state index contributed by atoms with van der Waals surface area (Å²) in [4.78, 5) is 0. The Morgan fingerprint density at radius 3 is 1.51 bits per heavy atom. The summed E-state index contributed by atoms with van der Waals surface area (Å²) in [6, 6.07) is 64.8. The predicted octanol–water partition coefficient (Wildman–Crippen LogP) is 13.2. The third-order valence-corrected chi connectivity index (χ3v) is 10.7. The standard InChI is InChI=1S/C48H29N/c1-3-10-30(11-4-1)31-18-20-32(21-19-31)33-22-25-36(26-23-33)49-41-28-24-35-14-9-17-40-43(34-12-5-2-6-13-34)45-38-16-8-7-15-37(38)39-27-29-42(49)48(46(39)45)47(41)44(35)40/h1-29H. The average Bonchev–Trinajstić information content (AvgIpc) is 3.64. The molecule has 0 aliphatic heterocycles. The van der Waals surface area contributed by atoms with Gasteiger partial charge in [0.1, 0.15) is 0 Å². The van der Waals surface area contributed by atoms with E-state index in [0.717, 1.165) is 0 Å². The molecule has 2 aliphatic carbocycles. The van der Waals surface area contributed by atoms with Crippen molar-refractivity contribution in [3.63, 3.8) is 0 Å². The topological polar surface area (TPSA) is 4.93 Å². The molecule has 1 aromatic heterocycles. The van der Waals surface area contributed by atoms with Crippen LogP contribution in [0.3, 0.4) is 0 Å². The van der Waals surface area contributed by atoms with Gasteiger partial charge in [-0.3, -0.25) is 0 Å². The van der Waals surface area contributed by atoms with Crippen LogP contribution in [-0.4, -0.2) is 4.57 Å². The molecule has 9 aromatic rings. The van der Waals surface area contributed by atoms with E-state index in [1.165, 1.54) is 104 Å². The first-order valence-corrected chi connectivity index (χ1v) is 17.0. The van der Waals surface area contributed by atoms with Crippen molar-refractivity contribution in [2.24, 2.45) is 0 Å². The van der Waals surface area contributed by atoms with Crippen molar-refractivity contribution in [2.45, 2.75) is 0 Å². The maximum Gasteiger partial charge on any atom is 0.0548 e. The van der Waals surface area contributed by atoms with Gasteiger partial charge in [-0.1, -0.05) is 152 Å². The van der Waals surface area contributed by atoms with Gasteiger partial charge in [-0.2, -0.15) is 0 Å². The van der Waals surface area contributed by atoms with Crippen molar-refractivity contribution >= 4 is 54.1 Å². The highest BCUT2D eigenvalue weighted by Crippen LogP contribution is 2.55. The third kappa shape index (κ3) is 3.70. The Morgan fingerprint density at radius 2 is 0.796 bits per heavy atom. The van der Waals surface area contributed by atoms with Crippen LogP contribution < -0.4 is 0 Å². The maximum absolute atomic E-state index is 2.48. The molecule has 0 saturated heterocycles. The molecule has 1 heterocycles. The second-order valence-corrected chi connectivity index (χ2v) is 13.2. The molecule has 1 heteroatoms. The summed E-state index contributed by atoms with van der Waals surface area (Å²) in [7, 11) is 0. The minimum absolute atomic E-state index is 1.17. The zero-order valence-corrected chi connectivity index (χ0v) is 26.7. The van der Waals surface area contributed by atoms with Crippen LogP contribution in [0.4, 0.5) is 0 Å². The van der Waals surface area contributed by atoms with Gasteiger partial charge in [-0.25, -0.2) is 0 Å². The molecule has 0 radical (unpaired) electrons. The second kappa shape index (κ2) is 10.0. The van der Waals surface area contributed by atoms with E-state index >= 15 is 0 Å². The molecular weight excluding hydrogens is 591 g/mol. The van der Waals surface area contributed by atoms with E-state index in [-0.39, 0.29) is 0 Å². The van der Waals surface area contributed by atoms with Gasteiger partial charge in [0.15, 0.2) is 0 Å². The highest BCUT2D eigenvalue weighted by molar-refractivity contribution is 6.39. The molecule has 2 aliphatic rings. The Kier molecular flexibility index (Phi) is 5.45. The second-order valence-electron chi connectivity index (χ2n) is 13.2. The number of hydrogen-bond acceptors (Lipinski definition) is 0. The molecule has 226 valence electrons. The largest absolute Gasteiger partial charge is 0.309 e. The van der Waals surface area contributed by atoms with E-state index in [2.05, 4.69) is 180 Å². The predicted molar refractivity (Wildman–Crippen MR) is 209 cm³/mol. The quantitative estimate of drug-likeness (QED) is 0.185. The van der Waals surface area contributed by atoms with Gasteiger partial charge in [0.25, 0.3) is 0 Å². The van der Waals surface area contributed by atoms with Gasteiger partial charge in [-0.05, 0) is 95.5 Å². The van der Waals surface area contributed by atoms with Gasteiger partial charge >= 0.3 is 0 Å². The highest BCUT2D eigenvalue weighted by Gasteiger charge is 2.29. The number of hydrogen-bond donors (Lipinski definition) is 0. The molecule has 0 atom stereocenters. The molecule has 8 aromatic carbocycles. The zero-order valence-electron chi connectivity index (χ0n) is 26.7. The fraction of sp³-hybridized carbons (Fsp3) is 0. The molecule has 49 heavy (non-hydrogen) atoms. The van der Waals surface area contributed by atoms with E-state index in [0.29, 0.717) is 0 Å². The summed E-state index contributed by atoms with van der Waals surface area (Å²) < 4.78 is 2.48. The van der Waals surface area contributed by atoms with Crippen molar-refractivity contribution < 1.29 is 0 Å². The van der Waals surface area contributed by atoms with Crippen molar-refractivity contribution in [1.29, 1.82) is 0 Å². The number of aromatic nitrogens is 1. The fourth-order valence-corrected chi connectivity index (χ4v) is 8.60. The van der Waals surface area contributed by atoms with E-state index in [9.17, 15) is 0 Å². The van der Waals surface area contributed by atoms with E-state index in [1.54, 1.807) is 0 Å². The van der Waals surface area contributed by atoms with Crippen molar-refractivity contribution in [1.82, 2.24) is 4.57 Å². The van der Waals surface area contributed by atoms with Crippen LogP contribution in [0.15, 0.2) is 176 Å². The Balaban J connectivity index is 1.19. The first-order chi connectivity index (χ1) is 24.3. The molecule has 11 rings (SSSR count). The summed E-state index contributed by atoms with van der Waals surface area (Å²) >= 11 is 0. The number of benzene rings is 8. The fourth-order valence-electron chi connectivity index (χ4n) is 8.60. The van der Waals surface area contributed by atoms with Crippen molar-refractivity contribution in [3.8, 4) is 50.2 Å². The number of fused-ring (bicyclic) bond motifs is 3. The minimum atomic E-state index is 1.17. The molecule has 0 amide bonds. The lowest BCUT2D eigenvalue weighted by Gasteiger charge is -2.13. The van der Waals surface area contributed by atoms with Crippen LogP contribution in [0.5, 0.6) is 0 Å². The summed E-state index contributed by atoms with van der Waals surface area (Å²) in [5.74, 6) is 0. The van der Waals surface area contributed by atoms with E-state index in [4.69, 9.17) is 0 Å². The maximum atomic E-state index is 2.48. The molecular formula is C48H29N. The summed E-state index contributed by atoms with van der Waals surface area (Å²) in [6.07, 6.45) is 0. The van der Waals surface area contributed by atoms with Gasteiger partial charge < -0.3 is 4.57 Å². The average molecular weight is 620 g/mol. The van der Waals surface area contributed by atoms with Crippen LogP contribution in [0.1, 0.15) is 0 Å². The Hall–Kier alpha value is -6.44. The van der Waals surface area contributed by atoms with Gasteiger partial charge in [0, 0.05) is 22.0 Å². The lowest BCUT2D eigenvalue weighted by Crippen LogP contribution is -1.94. The van der Waals surface area contributed by atoms with Crippen molar-refractivity contribution in [3.05, 3.63) is 176 Å². The number of rotatable bonds is 4. The molecule has 0 saturated carbocycles. The molecule has 0 bridgehead atoms. The first-order valence-electron chi connectivity index (χ1n) is 17.0. The Labute approximate surface area is 283 Å². The lowest BCUT2D eigenvalue weighted by molar-refractivity contribution is 1.18. The molecule has 0 fully saturated rings. The molecule has 0 unspecified atom stereocenters. The Morgan fingerprint density at radius 1 is 0.265 bits per heavy atom. The highest BCUT2D eigenvalue weighted by atomic mass is 15.0. The summed E-state index contributed by atoms with van der Waals surface area (Å²) in [5, 5.41) is 10.6. The van der Waals surface area contributed by atoms with Gasteiger partial charge in [0.05, 0.1) is 11.0 Å². The van der Waals surface area contributed by atoms with Crippen LogP contribution in [0.25, 0.3) is 104 Å². The monoisotopic (exact) mass is 619 g/mol. The van der Waals surface area contributed by atoms with E-state index in [1.807, 2.05) is 0 Å². The van der Waals surface area contributed by atoms with E-state index < -0.39 is 0 Å². The lowest BCUT2D eigenvalue weighted by atomic mass is 9.92. The minimum Gasteiger partial charge on any atom is -0.309 e. The SMILES string of the molecule is c1ccc(-c2ccc(-c3ccc(-n4c5ccc6c7c5c5c8c(cccc8c(-c8ccccc8)c-7c7ccccc76)ccc54)cc3)cc2)cc1. The summed E-state index contributed by atoms with van der Waals surface area (Å²) in [6.45, 7) is 0. The zero-order chi connectivity index (χ0) is 32.1. The van der Waals surface area contributed by atoms with Gasteiger partial charge in [-0.15, -0.1) is 0 Å². The first kappa shape index (κ1) is 26.6.